The van der Waals surface area contributed by atoms with Gasteiger partial charge in [-0.05, 0) is 46.0 Å². The van der Waals surface area contributed by atoms with E-state index in [0.29, 0.717) is 11.6 Å². The van der Waals surface area contributed by atoms with E-state index in [0.717, 1.165) is 35.1 Å². The zero-order valence-electron chi connectivity index (χ0n) is 9.24. The molecule has 1 aliphatic heterocycles. The van der Waals surface area contributed by atoms with Gasteiger partial charge in [0.2, 0.25) is 5.91 Å². The summed E-state index contributed by atoms with van der Waals surface area (Å²) in [5, 5.41) is 6.88. The van der Waals surface area contributed by atoms with Gasteiger partial charge in [-0.3, -0.25) is 4.79 Å². The van der Waals surface area contributed by atoms with Crippen molar-refractivity contribution in [2.75, 3.05) is 18.4 Å². The highest BCUT2D eigenvalue weighted by molar-refractivity contribution is 9.10. The summed E-state index contributed by atoms with van der Waals surface area (Å²) in [4.78, 5) is 11.0. The minimum atomic E-state index is -0.398. The van der Waals surface area contributed by atoms with Gasteiger partial charge in [0.15, 0.2) is 0 Å². The van der Waals surface area contributed by atoms with Crippen LogP contribution in [0.15, 0.2) is 22.7 Å². The number of nitrogens with one attached hydrogen (secondary N) is 2. The number of anilines is 1. The van der Waals surface area contributed by atoms with Gasteiger partial charge in [0.25, 0.3) is 0 Å². The van der Waals surface area contributed by atoms with E-state index in [1.807, 2.05) is 6.07 Å². The first kappa shape index (κ1) is 11.0. The summed E-state index contributed by atoms with van der Waals surface area (Å²) in [7, 11) is 0. The fraction of sp³-hybridized carbons (Fsp3) is 0.417. The van der Waals surface area contributed by atoms with Crippen LogP contribution in [0.3, 0.4) is 0 Å². The molecule has 2 fully saturated rings. The van der Waals surface area contributed by atoms with Gasteiger partial charge >= 0.3 is 0 Å². The molecular weight excluding hydrogens is 282 g/mol. The molecule has 0 spiro atoms. The number of halogens is 1. The van der Waals surface area contributed by atoms with Gasteiger partial charge < -0.3 is 16.4 Å². The summed E-state index contributed by atoms with van der Waals surface area (Å²) in [5.74, 6) is 1.13. The van der Waals surface area contributed by atoms with Gasteiger partial charge in [0.1, 0.15) is 0 Å². The predicted octanol–water partition coefficient (Wildman–Crippen LogP) is 1.18. The third-order valence-electron chi connectivity index (χ3n) is 3.67. The van der Waals surface area contributed by atoms with Crippen LogP contribution in [0.2, 0.25) is 0 Å². The molecule has 4 nitrogen and oxygen atoms in total. The fourth-order valence-corrected chi connectivity index (χ4v) is 3.09. The van der Waals surface area contributed by atoms with Gasteiger partial charge in [-0.2, -0.15) is 0 Å². The van der Waals surface area contributed by atoms with Crippen molar-refractivity contribution in [3.63, 3.8) is 0 Å². The van der Waals surface area contributed by atoms with Gasteiger partial charge in [0.05, 0.1) is 0 Å². The van der Waals surface area contributed by atoms with Crippen LogP contribution in [0.1, 0.15) is 10.4 Å². The maximum absolute atomic E-state index is 11.0. The number of benzene rings is 1. The third-order valence-corrected chi connectivity index (χ3v) is 4.32. The van der Waals surface area contributed by atoms with Crippen molar-refractivity contribution in [2.45, 2.75) is 6.04 Å². The van der Waals surface area contributed by atoms with Crippen molar-refractivity contribution in [3.8, 4) is 0 Å². The molecule has 4 N–H and O–H groups in total. The maximum Gasteiger partial charge on any atom is 0.248 e. The first-order valence-corrected chi connectivity index (χ1v) is 6.53. The summed E-state index contributed by atoms with van der Waals surface area (Å²) >= 11 is 3.47. The van der Waals surface area contributed by atoms with Crippen LogP contribution in [0.25, 0.3) is 0 Å². The van der Waals surface area contributed by atoms with Gasteiger partial charge in [-0.25, -0.2) is 0 Å². The van der Waals surface area contributed by atoms with Gasteiger partial charge in [-0.1, -0.05) is 0 Å². The molecule has 2 atom stereocenters. The SMILES string of the molecule is NC(=O)c1ccc(NC2C3CNCC32)c(Br)c1. The van der Waals surface area contributed by atoms with Crippen molar-refractivity contribution in [1.29, 1.82) is 0 Å². The molecule has 1 amide bonds. The molecule has 5 heteroatoms. The summed E-state index contributed by atoms with van der Waals surface area (Å²) in [5.41, 5.74) is 6.80. The van der Waals surface area contributed by atoms with E-state index >= 15 is 0 Å². The standard InChI is InChI=1S/C12H14BrN3O/c13-9-3-6(12(14)17)1-2-10(9)16-11-7-4-15-5-8(7)11/h1-3,7-8,11,15-16H,4-5H2,(H2,14,17). The molecule has 2 aliphatic rings. The molecule has 1 aromatic carbocycles. The van der Waals surface area contributed by atoms with E-state index in [1.54, 1.807) is 12.1 Å². The molecule has 1 aromatic rings. The number of piperidine rings is 1. The molecule has 1 saturated carbocycles. The second-order valence-corrected chi connectivity index (χ2v) is 5.57. The normalized spacial score (nSPS) is 29.8. The van der Waals surface area contributed by atoms with E-state index in [-0.39, 0.29) is 0 Å². The molecule has 0 aromatic heterocycles. The van der Waals surface area contributed by atoms with Crippen LogP contribution < -0.4 is 16.4 Å². The Hall–Kier alpha value is -1.07. The molecule has 1 saturated heterocycles. The van der Waals surface area contributed by atoms with Gasteiger partial charge in [-0.15, -0.1) is 0 Å². The predicted molar refractivity (Wildman–Crippen MR) is 69.9 cm³/mol. The quantitative estimate of drug-likeness (QED) is 0.784. The topological polar surface area (TPSA) is 67.2 Å². The monoisotopic (exact) mass is 295 g/mol. The van der Waals surface area contributed by atoms with Crippen molar-refractivity contribution in [2.24, 2.45) is 17.6 Å². The molecule has 2 unspecified atom stereocenters. The van der Waals surface area contributed by atoms with Crippen LogP contribution >= 0.6 is 15.9 Å². The lowest BCUT2D eigenvalue weighted by atomic mass is 10.2. The molecule has 1 heterocycles. The molecule has 90 valence electrons. The smallest absolute Gasteiger partial charge is 0.248 e. The number of hydrogen-bond donors (Lipinski definition) is 3. The highest BCUT2D eigenvalue weighted by Gasteiger charge is 2.52. The Bertz CT molecular complexity index is 467. The van der Waals surface area contributed by atoms with E-state index in [4.69, 9.17) is 5.73 Å². The Balaban J connectivity index is 1.73. The number of fused-ring (bicyclic) bond motifs is 1. The Morgan fingerprint density at radius 1 is 1.41 bits per heavy atom. The first-order valence-electron chi connectivity index (χ1n) is 5.73. The summed E-state index contributed by atoms with van der Waals surface area (Å²) in [6, 6.07) is 6.01. The van der Waals surface area contributed by atoms with E-state index in [1.165, 1.54) is 0 Å². The van der Waals surface area contributed by atoms with Crippen molar-refractivity contribution in [1.82, 2.24) is 5.32 Å². The van der Waals surface area contributed by atoms with Crippen molar-refractivity contribution < 1.29 is 4.79 Å². The third kappa shape index (κ3) is 1.93. The average Bonchev–Trinajstić information content (AvgIpc) is 2.74. The van der Waals surface area contributed by atoms with Crippen LogP contribution in [0.4, 0.5) is 5.69 Å². The van der Waals surface area contributed by atoms with Gasteiger partial charge in [0, 0.05) is 34.9 Å². The number of amides is 1. The Morgan fingerprint density at radius 2 is 2.12 bits per heavy atom. The number of primary amides is 1. The highest BCUT2D eigenvalue weighted by atomic mass is 79.9. The summed E-state index contributed by atoms with van der Waals surface area (Å²) < 4.78 is 0.895. The Labute approximate surface area is 108 Å². The Morgan fingerprint density at radius 3 is 2.71 bits per heavy atom. The molecular formula is C12H14BrN3O. The lowest BCUT2D eigenvalue weighted by Crippen LogP contribution is -2.21. The number of nitrogens with two attached hydrogens (primary N) is 1. The zero-order valence-corrected chi connectivity index (χ0v) is 10.8. The molecule has 17 heavy (non-hydrogen) atoms. The zero-order chi connectivity index (χ0) is 12.0. The van der Waals surface area contributed by atoms with Crippen molar-refractivity contribution in [3.05, 3.63) is 28.2 Å². The van der Waals surface area contributed by atoms with E-state index < -0.39 is 5.91 Å². The average molecular weight is 296 g/mol. The highest BCUT2D eigenvalue weighted by Crippen LogP contribution is 2.44. The van der Waals surface area contributed by atoms with E-state index in [2.05, 4.69) is 26.6 Å². The maximum atomic E-state index is 11.0. The number of carbonyl (C=O) groups excluding carboxylic acids is 1. The largest absolute Gasteiger partial charge is 0.381 e. The van der Waals surface area contributed by atoms with Crippen LogP contribution in [0.5, 0.6) is 0 Å². The first-order chi connectivity index (χ1) is 8.16. The minimum absolute atomic E-state index is 0.398. The number of hydrogen-bond acceptors (Lipinski definition) is 3. The summed E-state index contributed by atoms with van der Waals surface area (Å²) in [6.07, 6.45) is 0. The number of rotatable bonds is 3. The van der Waals surface area contributed by atoms with Crippen molar-refractivity contribution >= 4 is 27.5 Å². The minimum Gasteiger partial charge on any atom is -0.381 e. The lowest BCUT2D eigenvalue weighted by Gasteiger charge is -2.11. The molecule has 1 aliphatic carbocycles. The second kappa shape index (κ2) is 3.99. The lowest BCUT2D eigenvalue weighted by molar-refractivity contribution is 0.100. The van der Waals surface area contributed by atoms with Crippen LogP contribution in [0, 0.1) is 11.8 Å². The molecule has 0 bridgehead atoms. The fourth-order valence-electron chi connectivity index (χ4n) is 2.60. The summed E-state index contributed by atoms with van der Waals surface area (Å²) in [6.45, 7) is 2.22. The molecule has 3 rings (SSSR count). The Kier molecular flexibility index (Phi) is 2.60. The van der Waals surface area contributed by atoms with Crippen LogP contribution in [-0.2, 0) is 0 Å². The van der Waals surface area contributed by atoms with E-state index in [9.17, 15) is 4.79 Å². The van der Waals surface area contributed by atoms with Crippen LogP contribution in [-0.4, -0.2) is 25.0 Å². The second-order valence-electron chi connectivity index (χ2n) is 4.71. The number of carbonyl (C=O) groups is 1. The molecule has 0 radical (unpaired) electrons.